The molecule has 13 heteroatoms. The van der Waals surface area contributed by atoms with Crippen molar-refractivity contribution in [2.24, 2.45) is 0 Å². The first-order valence-electron chi connectivity index (χ1n) is 11.2. The summed E-state index contributed by atoms with van der Waals surface area (Å²) in [4.78, 5) is 40.5. The number of imide groups is 1. The van der Waals surface area contributed by atoms with Gasteiger partial charge in [-0.3, -0.25) is 19.3 Å². The highest BCUT2D eigenvalue weighted by Crippen LogP contribution is 2.40. The quantitative estimate of drug-likeness (QED) is 0.336. The fourth-order valence-electron chi connectivity index (χ4n) is 3.83. The number of carbonyl (C=O) groups excluding carboxylic acids is 3. The number of halogens is 2. The molecular weight excluding hydrogens is 563 g/mol. The second-order valence-electron chi connectivity index (χ2n) is 8.23. The standard InChI is InChI=1S/C24H22Cl2N2O7S2/c1-34-19-12-15(11-18(26)22(19)35-37(32,33)17-7-5-16(25)6-8-17)13-20-23(30)28(24(31)36-20)14-21(29)27-9-3-2-4-10-27/h5-8,11-13H,2-4,9-10,14H2,1H3/b20-13-. The number of thioether (sulfide) groups is 1. The summed E-state index contributed by atoms with van der Waals surface area (Å²) in [5, 5.41) is -0.282. The molecule has 2 heterocycles. The number of hydrogen-bond donors (Lipinski definition) is 0. The second kappa shape index (κ2) is 11.3. The Bertz CT molecular complexity index is 1370. The average molecular weight is 585 g/mol. The van der Waals surface area contributed by atoms with Crippen LogP contribution in [0.25, 0.3) is 6.08 Å². The molecule has 0 spiro atoms. The lowest BCUT2D eigenvalue weighted by Crippen LogP contribution is -2.44. The van der Waals surface area contributed by atoms with E-state index in [-0.39, 0.29) is 38.8 Å². The Morgan fingerprint density at radius 3 is 2.41 bits per heavy atom. The van der Waals surface area contributed by atoms with Gasteiger partial charge in [-0.25, -0.2) is 0 Å². The van der Waals surface area contributed by atoms with Crippen molar-refractivity contribution in [2.45, 2.75) is 24.2 Å². The molecule has 0 N–H and O–H groups in total. The van der Waals surface area contributed by atoms with Crippen LogP contribution in [0.1, 0.15) is 24.8 Å². The highest BCUT2D eigenvalue weighted by atomic mass is 35.5. The van der Waals surface area contributed by atoms with Crippen LogP contribution >= 0.6 is 35.0 Å². The molecule has 196 valence electrons. The minimum absolute atomic E-state index is 0.00390. The first-order chi connectivity index (χ1) is 17.6. The zero-order valence-corrected chi connectivity index (χ0v) is 22.8. The molecule has 0 bridgehead atoms. The molecule has 0 radical (unpaired) electrons. The summed E-state index contributed by atoms with van der Waals surface area (Å²) in [6, 6.07) is 8.20. The van der Waals surface area contributed by atoms with Gasteiger partial charge in [-0.1, -0.05) is 23.2 Å². The Kier molecular flexibility index (Phi) is 8.37. The van der Waals surface area contributed by atoms with Gasteiger partial charge in [0.2, 0.25) is 11.7 Å². The number of amides is 3. The molecule has 0 unspecified atom stereocenters. The van der Waals surface area contributed by atoms with E-state index in [1.54, 1.807) is 4.90 Å². The number of carbonyl (C=O) groups is 3. The molecule has 2 fully saturated rings. The monoisotopic (exact) mass is 584 g/mol. The number of benzene rings is 2. The second-order valence-corrected chi connectivity index (χ2v) is 11.6. The molecule has 2 aromatic carbocycles. The summed E-state index contributed by atoms with van der Waals surface area (Å²) in [5.41, 5.74) is 0.367. The lowest BCUT2D eigenvalue weighted by molar-refractivity contribution is -0.136. The number of hydrogen-bond acceptors (Lipinski definition) is 8. The molecule has 0 saturated carbocycles. The molecule has 4 rings (SSSR count). The van der Waals surface area contributed by atoms with Crippen LogP contribution in [0.5, 0.6) is 11.5 Å². The van der Waals surface area contributed by atoms with Crippen molar-refractivity contribution >= 4 is 68.2 Å². The van der Waals surface area contributed by atoms with Crippen LogP contribution in [0.3, 0.4) is 0 Å². The predicted octanol–water partition coefficient (Wildman–Crippen LogP) is 4.82. The van der Waals surface area contributed by atoms with Crippen LogP contribution in [0.4, 0.5) is 4.79 Å². The van der Waals surface area contributed by atoms with Crippen molar-refractivity contribution in [3.05, 3.63) is 56.9 Å². The molecular formula is C24H22Cl2N2O7S2. The smallest absolute Gasteiger partial charge is 0.339 e. The van der Waals surface area contributed by atoms with Gasteiger partial charge in [-0.15, -0.1) is 0 Å². The molecule has 3 amide bonds. The van der Waals surface area contributed by atoms with Gasteiger partial charge in [-0.2, -0.15) is 8.42 Å². The first kappa shape index (κ1) is 27.3. The van der Waals surface area contributed by atoms with E-state index in [1.807, 2.05) is 0 Å². The van der Waals surface area contributed by atoms with Gasteiger partial charge < -0.3 is 13.8 Å². The maximum Gasteiger partial charge on any atom is 0.339 e. The molecule has 0 aliphatic carbocycles. The van der Waals surface area contributed by atoms with Crippen molar-refractivity contribution in [3.63, 3.8) is 0 Å². The summed E-state index contributed by atoms with van der Waals surface area (Å²) >= 11 is 12.9. The maximum atomic E-state index is 12.9. The van der Waals surface area contributed by atoms with E-state index in [9.17, 15) is 22.8 Å². The lowest BCUT2D eigenvalue weighted by atomic mass is 10.1. The molecule has 0 atom stereocenters. The summed E-state index contributed by atoms with van der Waals surface area (Å²) in [5.74, 6) is -1.11. The van der Waals surface area contributed by atoms with Gasteiger partial charge in [-0.05, 0) is 79.1 Å². The molecule has 2 saturated heterocycles. The molecule has 2 aliphatic heterocycles. The number of likely N-dealkylation sites (tertiary alicyclic amines) is 1. The van der Waals surface area contributed by atoms with Crippen LogP contribution in [0.2, 0.25) is 10.0 Å². The third-order valence-electron chi connectivity index (χ3n) is 5.72. The molecule has 9 nitrogen and oxygen atoms in total. The Hall–Kier alpha value is -2.73. The summed E-state index contributed by atoms with van der Waals surface area (Å²) in [6.07, 6.45) is 4.27. The zero-order chi connectivity index (χ0) is 26.7. The van der Waals surface area contributed by atoms with E-state index in [2.05, 4.69) is 0 Å². The Balaban J connectivity index is 1.54. The van der Waals surface area contributed by atoms with Gasteiger partial charge in [0.25, 0.3) is 11.1 Å². The van der Waals surface area contributed by atoms with Crippen LogP contribution < -0.4 is 8.92 Å². The van der Waals surface area contributed by atoms with E-state index in [1.165, 1.54) is 49.6 Å². The number of methoxy groups -OCH3 is 1. The number of ether oxygens (including phenoxy) is 1. The largest absolute Gasteiger partial charge is 0.493 e. The van der Waals surface area contributed by atoms with Crippen LogP contribution in [-0.2, 0) is 19.7 Å². The molecule has 0 aromatic heterocycles. The van der Waals surface area contributed by atoms with E-state index in [0.717, 1.165) is 24.2 Å². The fraction of sp³-hybridized carbons (Fsp3) is 0.292. The van der Waals surface area contributed by atoms with E-state index in [0.29, 0.717) is 35.4 Å². The molecule has 2 aromatic rings. The van der Waals surface area contributed by atoms with Gasteiger partial charge in [0.05, 0.1) is 17.0 Å². The van der Waals surface area contributed by atoms with Gasteiger partial charge in [0, 0.05) is 18.1 Å². The van der Waals surface area contributed by atoms with Crippen LogP contribution in [-0.4, -0.2) is 62.0 Å². The SMILES string of the molecule is COc1cc(/C=C2\SC(=O)N(CC(=O)N3CCCCC3)C2=O)cc(Cl)c1OS(=O)(=O)c1ccc(Cl)cc1. The first-order valence-corrected chi connectivity index (χ1v) is 14.2. The highest BCUT2D eigenvalue weighted by Gasteiger charge is 2.37. The number of nitrogens with zero attached hydrogens (tertiary/aromatic N) is 2. The lowest BCUT2D eigenvalue weighted by Gasteiger charge is -2.27. The minimum Gasteiger partial charge on any atom is -0.493 e. The molecule has 2 aliphatic rings. The van der Waals surface area contributed by atoms with Crippen molar-refractivity contribution in [1.82, 2.24) is 9.80 Å². The topological polar surface area (TPSA) is 110 Å². The van der Waals surface area contributed by atoms with Gasteiger partial charge in [0.15, 0.2) is 5.75 Å². The number of piperidine rings is 1. The Morgan fingerprint density at radius 1 is 1.08 bits per heavy atom. The zero-order valence-electron chi connectivity index (χ0n) is 19.6. The van der Waals surface area contributed by atoms with E-state index < -0.39 is 21.3 Å². The van der Waals surface area contributed by atoms with Crippen LogP contribution in [0, 0.1) is 0 Å². The summed E-state index contributed by atoms with van der Waals surface area (Å²) in [7, 11) is -2.95. The maximum absolute atomic E-state index is 12.9. The average Bonchev–Trinajstić information content (AvgIpc) is 3.13. The van der Waals surface area contributed by atoms with E-state index in [4.69, 9.17) is 32.1 Å². The number of rotatable bonds is 7. The van der Waals surface area contributed by atoms with Crippen LogP contribution in [0.15, 0.2) is 46.2 Å². The van der Waals surface area contributed by atoms with Gasteiger partial charge in [0.1, 0.15) is 11.4 Å². The molecule has 37 heavy (non-hydrogen) atoms. The van der Waals surface area contributed by atoms with Crippen molar-refractivity contribution in [1.29, 1.82) is 0 Å². The normalized spacial score (nSPS) is 17.4. The summed E-state index contributed by atoms with van der Waals surface area (Å²) < 4.78 is 35.9. The van der Waals surface area contributed by atoms with Crippen molar-refractivity contribution in [2.75, 3.05) is 26.7 Å². The predicted molar refractivity (Wildman–Crippen MR) is 140 cm³/mol. The van der Waals surface area contributed by atoms with Gasteiger partial charge >= 0.3 is 10.1 Å². The highest BCUT2D eigenvalue weighted by molar-refractivity contribution is 8.18. The Labute approximate surface area is 228 Å². The Morgan fingerprint density at radius 2 is 1.76 bits per heavy atom. The van der Waals surface area contributed by atoms with Crippen molar-refractivity contribution in [3.8, 4) is 11.5 Å². The minimum atomic E-state index is -4.25. The fourth-order valence-corrected chi connectivity index (χ4v) is 6.05. The third kappa shape index (κ3) is 6.23. The third-order valence-corrected chi connectivity index (χ3v) is 8.40. The van der Waals surface area contributed by atoms with E-state index >= 15 is 0 Å². The van der Waals surface area contributed by atoms with Crippen molar-refractivity contribution < 1.29 is 31.7 Å². The summed E-state index contributed by atoms with van der Waals surface area (Å²) in [6.45, 7) is 0.915.